The Labute approximate surface area is 116 Å². The molecule has 2 fully saturated rings. The molecule has 0 aromatic carbocycles. The van der Waals surface area contributed by atoms with Crippen molar-refractivity contribution in [1.82, 2.24) is 10.2 Å². The van der Waals surface area contributed by atoms with Crippen molar-refractivity contribution in [3.8, 4) is 0 Å². The maximum atomic E-state index is 5.63. The van der Waals surface area contributed by atoms with E-state index in [0.717, 1.165) is 23.9 Å². The quantitative estimate of drug-likeness (QED) is 0.882. The fourth-order valence-electron chi connectivity index (χ4n) is 3.94. The average Bonchev–Trinajstić information content (AvgIpc) is 3.05. The molecule has 1 aromatic rings. The molecule has 3 nitrogen and oxygen atoms in total. The van der Waals surface area contributed by atoms with Crippen LogP contribution in [-0.4, -0.2) is 29.6 Å². The van der Waals surface area contributed by atoms with Gasteiger partial charge in [0.05, 0.1) is 12.3 Å². The lowest BCUT2D eigenvalue weighted by molar-refractivity contribution is 0.0903. The van der Waals surface area contributed by atoms with Crippen molar-refractivity contribution in [1.29, 1.82) is 0 Å². The summed E-state index contributed by atoms with van der Waals surface area (Å²) in [4.78, 5) is 2.67. The van der Waals surface area contributed by atoms with Crippen LogP contribution in [0.3, 0.4) is 0 Å². The van der Waals surface area contributed by atoms with E-state index in [4.69, 9.17) is 4.42 Å². The summed E-state index contributed by atoms with van der Waals surface area (Å²) in [5.41, 5.74) is 0. The Bertz CT molecular complexity index is 377. The first-order valence-electron chi connectivity index (χ1n) is 7.83. The molecule has 0 aliphatic carbocycles. The zero-order valence-corrected chi connectivity index (χ0v) is 12.1. The van der Waals surface area contributed by atoms with Crippen molar-refractivity contribution in [2.24, 2.45) is 0 Å². The van der Waals surface area contributed by atoms with Crippen LogP contribution in [-0.2, 0) is 0 Å². The second kappa shape index (κ2) is 5.68. The lowest BCUT2D eigenvalue weighted by Crippen LogP contribution is -2.49. The predicted molar refractivity (Wildman–Crippen MR) is 77.1 cm³/mol. The van der Waals surface area contributed by atoms with Gasteiger partial charge in [-0.2, -0.15) is 0 Å². The fraction of sp³-hybridized carbons (Fsp3) is 0.750. The molecular weight excluding hydrogens is 236 g/mol. The maximum absolute atomic E-state index is 5.63. The number of hydrogen-bond acceptors (Lipinski definition) is 3. The highest BCUT2D eigenvalue weighted by Gasteiger charge is 2.37. The van der Waals surface area contributed by atoms with Crippen LogP contribution < -0.4 is 5.32 Å². The summed E-state index contributed by atoms with van der Waals surface area (Å²) in [5, 5.41) is 3.74. The maximum Gasteiger partial charge on any atom is 0.120 e. The van der Waals surface area contributed by atoms with E-state index >= 15 is 0 Å². The Morgan fingerprint density at radius 1 is 1.37 bits per heavy atom. The molecule has 1 aromatic heterocycles. The molecule has 3 atom stereocenters. The third-order valence-corrected chi connectivity index (χ3v) is 4.85. The summed E-state index contributed by atoms with van der Waals surface area (Å²) in [7, 11) is 0. The van der Waals surface area contributed by atoms with Gasteiger partial charge in [-0.3, -0.25) is 4.90 Å². The number of furan rings is 1. The molecule has 3 heteroatoms. The summed E-state index contributed by atoms with van der Waals surface area (Å²) in [6.07, 6.45) is 8.36. The normalized spacial score (nSPS) is 31.8. The standard InChI is InChI=1S/C16H26N2O/c1-3-8-18(12(2)16-5-4-9-19-16)15-10-13-6-7-14(11-15)17-13/h4-5,9,12-15,17H,3,6-8,10-11H2,1-2H3. The van der Waals surface area contributed by atoms with E-state index < -0.39 is 0 Å². The third-order valence-electron chi connectivity index (χ3n) is 4.85. The van der Waals surface area contributed by atoms with Gasteiger partial charge >= 0.3 is 0 Å². The summed E-state index contributed by atoms with van der Waals surface area (Å²) in [6.45, 7) is 5.74. The van der Waals surface area contributed by atoms with E-state index in [1.165, 1.54) is 38.6 Å². The van der Waals surface area contributed by atoms with E-state index in [-0.39, 0.29) is 0 Å². The van der Waals surface area contributed by atoms with Crippen LogP contribution in [0.1, 0.15) is 57.8 Å². The molecule has 0 saturated carbocycles. The molecular formula is C16H26N2O. The fourth-order valence-corrected chi connectivity index (χ4v) is 3.94. The molecule has 3 heterocycles. The number of rotatable bonds is 5. The number of nitrogens with one attached hydrogen (secondary N) is 1. The molecule has 0 spiro atoms. The Morgan fingerprint density at radius 2 is 2.11 bits per heavy atom. The Morgan fingerprint density at radius 3 is 2.68 bits per heavy atom. The molecule has 2 bridgehead atoms. The van der Waals surface area contributed by atoms with Crippen LogP contribution in [0.4, 0.5) is 0 Å². The first kappa shape index (κ1) is 13.2. The molecule has 3 rings (SSSR count). The lowest BCUT2D eigenvalue weighted by Gasteiger charge is -2.40. The van der Waals surface area contributed by atoms with Gasteiger partial charge in [0.2, 0.25) is 0 Å². The predicted octanol–water partition coefficient (Wildman–Crippen LogP) is 3.34. The highest BCUT2D eigenvalue weighted by atomic mass is 16.3. The monoisotopic (exact) mass is 262 g/mol. The minimum Gasteiger partial charge on any atom is -0.468 e. The first-order valence-corrected chi connectivity index (χ1v) is 7.83. The molecule has 2 aliphatic rings. The number of piperidine rings is 1. The van der Waals surface area contributed by atoms with Gasteiger partial charge < -0.3 is 9.73 Å². The van der Waals surface area contributed by atoms with E-state index in [2.05, 4.69) is 30.1 Å². The molecule has 0 amide bonds. The molecule has 1 N–H and O–H groups in total. The highest BCUT2D eigenvalue weighted by Crippen LogP contribution is 2.34. The van der Waals surface area contributed by atoms with Gasteiger partial charge in [-0.05, 0) is 57.7 Å². The Balaban J connectivity index is 1.73. The van der Waals surface area contributed by atoms with Crippen LogP contribution in [0, 0.1) is 0 Å². The molecule has 3 unspecified atom stereocenters. The minimum atomic E-state index is 0.400. The van der Waals surface area contributed by atoms with E-state index in [9.17, 15) is 0 Å². The summed E-state index contributed by atoms with van der Waals surface area (Å²) in [6, 6.07) is 6.75. The molecule has 106 valence electrons. The van der Waals surface area contributed by atoms with Crippen molar-refractivity contribution in [2.45, 2.75) is 70.1 Å². The number of hydrogen-bond donors (Lipinski definition) is 1. The van der Waals surface area contributed by atoms with Crippen LogP contribution in [0.25, 0.3) is 0 Å². The van der Waals surface area contributed by atoms with Gasteiger partial charge in [-0.25, -0.2) is 0 Å². The van der Waals surface area contributed by atoms with Gasteiger partial charge in [0, 0.05) is 18.1 Å². The lowest BCUT2D eigenvalue weighted by atomic mass is 9.96. The molecule has 2 aliphatic heterocycles. The van der Waals surface area contributed by atoms with E-state index in [1.54, 1.807) is 6.26 Å². The smallest absolute Gasteiger partial charge is 0.120 e. The molecule has 0 radical (unpaired) electrons. The largest absolute Gasteiger partial charge is 0.468 e. The van der Waals surface area contributed by atoms with E-state index in [0.29, 0.717) is 6.04 Å². The summed E-state index contributed by atoms with van der Waals surface area (Å²) in [5.74, 6) is 1.11. The van der Waals surface area contributed by atoms with Crippen molar-refractivity contribution in [3.05, 3.63) is 24.2 Å². The van der Waals surface area contributed by atoms with Crippen molar-refractivity contribution in [2.75, 3.05) is 6.54 Å². The zero-order valence-electron chi connectivity index (χ0n) is 12.1. The highest BCUT2D eigenvalue weighted by molar-refractivity contribution is 5.05. The Kier molecular flexibility index (Phi) is 3.94. The summed E-state index contributed by atoms with van der Waals surface area (Å²) >= 11 is 0. The average molecular weight is 262 g/mol. The zero-order chi connectivity index (χ0) is 13.2. The third kappa shape index (κ3) is 2.72. The molecule has 19 heavy (non-hydrogen) atoms. The Hall–Kier alpha value is -0.800. The van der Waals surface area contributed by atoms with Crippen molar-refractivity contribution >= 4 is 0 Å². The topological polar surface area (TPSA) is 28.4 Å². The second-order valence-electron chi connectivity index (χ2n) is 6.19. The van der Waals surface area contributed by atoms with Gasteiger partial charge in [0.25, 0.3) is 0 Å². The van der Waals surface area contributed by atoms with Crippen molar-refractivity contribution < 1.29 is 4.42 Å². The van der Waals surface area contributed by atoms with Crippen LogP contribution >= 0.6 is 0 Å². The van der Waals surface area contributed by atoms with Crippen LogP contribution in [0.15, 0.2) is 22.8 Å². The van der Waals surface area contributed by atoms with Gasteiger partial charge in [0.15, 0.2) is 0 Å². The van der Waals surface area contributed by atoms with Gasteiger partial charge in [-0.1, -0.05) is 6.92 Å². The van der Waals surface area contributed by atoms with E-state index in [1.807, 2.05) is 6.07 Å². The van der Waals surface area contributed by atoms with Crippen LogP contribution in [0.2, 0.25) is 0 Å². The minimum absolute atomic E-state index is 0.400. The van der Waals surface area contributed by atoms with Gasteiger partial charge in [0.1, 0.15) is 5.76 Å². The van der Waals surface area contributed by atoms with Gasteiger partial charge in [-0.15, -0.1) is 0 Å². The first-order chi connectivity index (χ1) is 9.28. The van der Waals surface area contributed by atoms with Crippen molar-refractivity contribution in [3.63, 3.8) is 0 Å². The van der Waals surface area contributed by atoms with Crippen LogP contribution in [0.5, 0.6) is 0 Å². The SMILES string of the molecule is CCCN(C1CC2CCC(C1)N2)C(C)c1ccco1. The number of nitrogens with zero attached hydrogens (tertiary/aromatic N) is 1. The second-order valence-corrected chi connectivity index (χ2v) is 6.19. The molecule has 2 saturated heterocycles. The summed E-state index contributed by atoms with van der Waals surface area (Å²) < 4.78 is 5.63. The number of fused-ring (bicyclic) bond motifs is 2.